The van der Waals surface area contributed by atoms with Crippen molar-refractivity contribution in [3.05, 3.63) is 57.8 Å². The highest BCUT2D eigenvalue weighted by Gasteiger charge is 2.45. The van der Waals surface area contributed by atoms with Gasteiger partial charge in [-0.25, -0.2) is 0 Å². The first-order valence-corrected chi connectivity index (χ1v) is 9.11. The molecule has 4 nitrogen and oxygen atoms in total. The molecule has 24 heavy (non-hydrogen) atoms. The number of nitrogens with one attached hydrogen (secondary N) is 1. The van der Waals surface area contributed by atoms with Crippen LogP contribution in [0.15, 0.2) is 41.1 Å². The molecule has 1 aromatic heterocycles. The molecule has 2 aromatic rings. The fraction of sp³-hybridized carbons (Fsp3) is 0.368. The van der Waals surface area contributed by atoms with E-state index in [-0.39, 0.29) is 11.8 Å². The highest BCUT2D eigenvalue weighted by molar-refractivity contribution is 7.07. The predicted molar refractivity (Wildman–Crippen MR) is 95.7 cm³/mol. The van der Waals surface area contributed by atoms with Gasteiger partial charge in [0, 0.05) is 20.5 Å². The molecule has 1 aliphatic rings. The summed E-state index contributed by atoms with van der Waals surface area (Å²) in [6.07, 6.45) is 2.46. The summed E-state index contributed by atoms with van der Waals surface area (Å²) in [5, 5.41) is 7.04. The van der Waals surface area contributed by atoms with Crippen LogP contribution >= 0.6 is 11.3 Å². The van der Waals surface area contributed by atoms with Crippen LogP contribution in [0.3, 0.4) is 0 Å². The molecule has 0 saturated heterocycles. The Labute approximate surface area is 146 Å². The van der Waals surface area contributed by atoms with Crippen molar-refractivity contribution in [2.24, 2.45) is 0 Å². The van der Waals surface area contributed by atoms with E-state index in [1.807, 2.05) is 35.0 Å². The van der Waals surface area contributed by atoms with E-state index in [2.05, 4.69) is 11.4 Å². The number of fused-ring (bicyclic) bond motifs is 1. The summed E-state index contributed by atoms with van der Waals surface area (Å²) in [7, 11) is 1.81. The molecule has 1 atom stereocenters. The maximum atomic E-state index is 13.4. The maximum Gasteiger partial charge on any atom is 0.253 e. The largest absolute Gasteiger partial charge is 0.339 e. The van der Waals surface area contributed by atoms with Crippen LogP contribution in [0.5, 0.6) is 0 Å². The van der Waals surface area contributed by atoms with Gasteiger partial charge in [0.2, 0.25) is 5.91 Å². The summed E-state index contributed by atoms with van der Waals surface area (Å²) >= 11 is 1.62. The van der Waals surface area contributed by atoms with Gasteiger partial charge >= 0.3 is 0 Å². The van der Waals surface area contributed by atoms with Crippen LogP contribution in [0.25, 0.3) is 0 Å². The van der Waals surface area contributed by atoms with Crippen molar-refractivity contribution in [3.63, 3.8) is 0 Å². The second kappa shape index (κ2) is 6.77. The van der Waals surface area contributed by atoms with E-state index in [1.54, 1.807) is 23.3 Å². The van der Waals surface area contributed by atoms with Crippen LogP contribution in [0, 0.1) is 0 Å². The second-order valence-corrected chi connectivity index (χ2v) is 7.17. The van der Waals surface area contributed by atoms with E-state index < -0.39 is 5.54 Å². The van der Waals surface area contributed by atoms with Crippen molar-refractivity contribution in [2.45, 2.75) is 38.3 Å². The minimum atomic E-state index is -0.953. The van der Waals surface area contributed by atoms with Crippen molar-refractivity contribution < 1.29 is 9.59 Å². The third-order valence-electron chi connectivity index (χ3n) is 4.58. The Hall–Kier alpha value is -2.14. The van der Waals surface area contributed by atoms with E-state index in [4.69, 9.17) is 0 Å². The number of likely N-dealkylation sites (N-methyl/N-ethyl adjacent to an activating group) is 1. The lowest BCUT2D eigenvalue weighted by Gasteiger charge is -2.40. The smallest absolute Gasteiger partial charge is 0.253 e. The monoisotopic (exact) mass is 342 g/mol. The summed E-state index contributed by atoms with van der Waals surface area (Å²) in [6, 6.07) is 9.97. The van der Waals surface area contributed by atoms with Gasteiger partial charge in [0.15, 0.2) is 0 Å². The Kier molecular flexibility index (Phi) is 4.71. The van der Waals surface area contributed by atoms with Crippen molar-refractivity contribution >= 4 is 23.2 Å². The zero-order valence-corrected chi connectivity index (χ0v) is 14.9. The topological polar surface area (TPSA) is 49.4 Å². The van der Waals surface area contributed by atoms with Gasteiger partial charge in [-0.05, 0) is 52.8 Å². The van der Waals surface area contributed by atoms with Gasteiger partial charge in [-0.3, -0.25) is 9.59 Å². The molecule has 0 spiro atoms. The van der Waals surface area contributed by atoms with Gasteiger partial charge in [0.05, 0.1) is 0 Å². The predicted octanol–water partition coefficient (Wildman–Crippen LogP) is 3.07. The van der Waals surface area contributed by atoms with Crippen molar-refractivity contribution in [3.8, 4) is 0 Å². The fourth-order valence-electron chi connectivity index (χ4n) is 3.59. The SMILES string of the molecule is CC(=O)NC1(C(=O)N(C)Cc2ccsc2)CCCc2ccccc21. The maximum absolute atomic E-state index is 13.4. The number of hydrogen-bond donors (Lipinski definition) is 1. The van der Waals surface area contributed by atoms with Crippen LogP contribution in [0.2, 0.25) is 0 Å². The number of thiophene rings is 1. The number of amides is 2. The fourth-order valence-corrected chi connectivity index (χ4v) is 4.25. The molecule has 1 unspecified atom stereocenters. The van der Waals surface area contributed by atoms with E-state index in [0.29, 0.717) is 13.0 Å². The summed E-state index contributed by atoms with van der Waals surface area (Å²) in [6.45, 7) is 2.02. The first-order chi connectivity index (χ1) is 11.5. The average molecular weight is 342 g/mol. The molecule has 1 heterocycles. The molecule has 1 aliphatic carbocycles. The molecular formula is C19H22N2O2S. The second-order valence-electron chi connectivity index (χ2n) is 6.39. The zero-order chi connectivity index (χ0) is 17.2. The van der Waals surface area contributed by atoms with Crippen LogP contribution < -0.4 is 5.32 Å². The average Bonchev–Trinajstić information content (AvgIpc) is 3.07. The Morgan fingerprint density at radius 1 is 1.29 bits per heavy atom. The molecule has 3 rings (SSSR count). The van der Waals surface area contributed by atoms with Crippen LogP contribution in [0.1, 0.15) is 36.5 Å². The Morgan fingerprint density at radius 2 is 2.08 bits per heavy atom. The van der Waals surface area contributed by atoms with Crippen LogP contribution in [0.4, 0.5) is 0 Å². The molecule has 0 fully saturated rings. The molecule has 0 aliphatic heterocycles. The van der Waals surface area contributed by atoms with Crippen molar-refractivity contribution in [2.75, 3.05) is 7.05 Å². The van der Waals surface area contributed by atoms with Gasteiger partial charge in [-0.15, -0.1) is 0 Å². The standard InChI is InChI=1S/C19H22N2O2S/c1-14(22)20-19(10-5-7-16-6-3-4-8-17(16)19)18(23)21(2)12-15-9-11-24-13-15/h3-4,6,8-9,11,13H,5,7,10,12H2,1-2H3,(H,20,22). The highest BCUT2D eigenvalue weighted by Crippen LogP contribution is 2.37. The summed E-state index contributed by atoms with van der Waals surface area (Å²) in [5.74, 6) is -0.222. The Balaban J connectivity index is 1.97. The molecular weight excluding hydrogens is 320 g/mol. The first-order valence-electron chi connectivity index (χ1n) is 8.17. The Bertz CT molecular complexity index is 742. The summed E-state index contributed by atoms with van der Waals surface area (Å²) in [5.41, 5.74) is 2.24. The Morgan fingerprint density at radius 3 is 2.79 bits per heavy atom. The highest BCUT2D eigenvalue weighted by atomic mass is 32.1. The molecule has 1 N–H and O–H groups in total. The lowest BCUT2D eigenvalue weighted by atomic mass is 9.75. The van der Waals surface area contributed by atoms with Gasteiger partial charge < -0.3 is 10.2 Å². The van der Waals surface area contributed by atoms with E-state index in [0.717, 1.165) is 29.5 Å². The number of nitrogens with zero attached hydrogens (tertiary/aromatic N) is 1. The van der Waals surface area contributed by atoms with Crippen LogP contribution in [-0.4, -0.2) is 23.8 Å². The van der Waals surface area contributed by atoms with E-state index in [9.17, 15) is 9.59 Å². The van der Waals surface area contributed by atoms with Crippen LogP contribution in [-0.2, 0) is 28.1 Å². The van der Waals surface area contributed by atoms with E-state index >= 15 is 0 Å². The number of aryl methyl sites for hydroxylation is 1. The van der Waals surface area contributed by atoms with Gasteiger partial charge in [-0.2, -0.15) is 11.3 Å². The van der Waals surface area contributed by atoms with Gasteiger partial charge in [0.1, 0.15) is 5.54 Å². The number of rotatable bonds is 4. The molecule has 1 aromatic carbocycles. The normalized spacial score (nSPS) is 19.4. The number of hydrogen-bond acceptors (Lipinski definition) is 3. The van der Waals surface area contributed by atoms with E-state index in [1.165, 1.54) is 6.92 Å². The molecule has 0 saturated carbocycles. The quantitative estimate of drug-likeness (QED) is 0.928. The third kappa shape index (κ3) is 3.08. The molecule has 2 amide bonds. The lowest BCUT2D eigenvalue weighted by Crippen LogP contribution is -2.57. The zero-order valence-electron chi connectivity index (χ0n) is 14.0. The third-order valence-corrected chi connectivity index (χ3v) is 5.31. The summed E-state index contributed by atoms with van der Waals surface area (Å²) in [4.78, 5) is 27.0. The molecule has 0 radical (unpaired) electrons. The first kappa shape index (κ1) is 16.7. The minimum Gasteiger partial charge on any atom is -0.339 e. The number of carbonyl (C=O) groups is 2. The molecule has 0 bridgehead atoms. The minimum absolute atomic E-state index is 0.0453. The summed E-state index contributed by atoms with van der Waals surface area (Å²) < 4.78 is 0. The number of benzene rings is 1. The van der Waals surface area contributed by atoms with Crippen molar-refractivity contribution in [1.29, 1.82) is 0 Å². The number of carbonyl (C=O) groups excluding carboxylic acids is 2. The van der Waals surface area contributed by atoms with Gasteiger partial charge in [-0.1, -0.05) is 24.3 Å². The molecule has 5 heteroatoms. The molecule has 126 valence electrons. The van der Waals surface area contributed by atoms with Crippen molar-refractivity contribution in [1.82, 2.24) is 10.2 Å². The van der Waals surface area contributed by atoms with Gasteiger partial charge in [0.25, 0.3) is 5.91 Å². The lowest BCUT2D eigenvalue weighted by molar-refractivity contribution is -0.142.